The Morgan fingerprint density at radius 2 is 2.13 bits per heavy atom. The van der Waals surface area contributed by atoms with E-state index in [9.17, 15) is 4.39 Å². The van der Waals surface area contributed by atoms with Crippen LogP contribution in [-0.2, 0) is 0 Å². The van der Waals surface area contributed by atoms with Crippen LogP contribution in [0.5, 0.6) is 5.75 Å². The predicted octanol–water partition coefficient (Wildman–Crippen LogP) is 2.40. The molecular weight excluding hydrogens is 193 g/mol. The number of nitrogens with one attached hydrogen (secondary N) is 1. The van der Waals surface area contributed by atoms with Crippen molar-refractivity contribution in [3.05, 3.63) is 29.6 Å². The molecule has 3 rings (SSSR count). The fourth-order valence-corrected chi connectivity index (χ4v) is 2.07. The third-order valence-corrected chi connectivity index (χ3v) is 3.03. The van der Waals surface area contributed by atoms with Crippen LogP contribution in [0.4, 0.5) is 4.39 Å². The van der Waals surface area contributed by atoms with Crippen molar-refractivity contribution < 1.29 is 9.13 Å². The summed E-state index contributed by atoms with van der Waals surface area (Å²) < 4.78 is 18.6. The molecule has 80 valence electrons. The normalized spacial score (nSPS) is 24.5. The molecule has 0 aromatic heterocycles. The summed E-state index contributed by atoms with van der Waals surface area (Å²) in [5.41, 5.74) is 0.980. The van der Waals surface area contributed by atoms with Crippen LogP contribution in [-0.4, -0.2) is 12.6 Å². The Balaban J connectivity index is 1.89. The van der Waals surface area contributed by atoms with Crippen molar-refractivity contribution in [3.63, 3.8) is 0 Å². The molecule has 1 unspecified atom stereocenters. The van der Waals surface area contributed by atoms with Gasteiger partial charge in [0.05, 0.1) is 6.61 Å². The van der Waals surface area contributed by atoms with Gasteiger partial charge in [-0.3, -0.25) is 0 Å². The smallest absolute Gasteiger partial charge is 0.124 e. The maximum atomic E-state index is 13.1. The highest BCUT2D eigenvalue weighted by atomic mass is 19.1. The van der Waals surface area contributed by atoms with Crippen molar-refractivity contribution in [1.82, 2.24) is 5.32 Å². The molecule has 1 N–H and O–H groups in total. The number of benzene rings is 1. The van der Waals surface area contributed by atoms with E-state index in [1.54, 1.807) is 12.1 Å². The molecule has 2 aliphatic rings. The Morgan fingerprint density at radius 1 is 1.27 bits per heavy atom. The van der Waals surface area contributed by atoms with Gasteiger partial charge in [-0.25, -0.2) is 4.39 Å². The van der Waals surface area contributed by atoms with Gasteiger partial charge in [-0.15, -0.1) is 0 Å². The SMILES string of the molecule is Fc1ccc2c(c1)C(NC1CC1)CCO2. The van der Waals surface area contributed by atoms with E-state index in [2.05, 4.69) is 5.32 Å². The van der Waals surface area contributed by atoms with Crippen molar-refractivity contribution in [2.24, 2.45) is 0 Å². The Morgan fingerprint density at radius 3 is 2.93 bits per heavy atom. The van der Waals surface area contributed by atoms with Crippen molar-refractivity contribution >= 4 is 0 Å². The molecule has 0 spiro atoms. The highest BCUT2D eigenvalue weighted by Crippen LogP contribution is 2.34. The van der Waals surface area contributed by atoms with E-state index in [0.29, 0.717) is 6.04 Å². The quantitative estimate of drug-likeness (QED) is 0.804. The fraction of sp³-hybridized carbons (Fsp3) is 0.500. The number of fused-ring (bicyclic) bond motifs is 1. The lowest BCUT2D eigenvalue weighted by atomic mass is 10.0. The van der Waals surface area contributed by atoms with Gasteiger partial charge in [-0.2, -0.15) is 0 Å². The molecule has 15 heavy (non-hydrogen) atoms. The van der Waals surface area contributed by atoms with Crippen LogP contribution in [0.1, 0.15) is 30.9 Å². The van der Waals surface area contributed by atoms with E-state index in [4.69, 9.17) is 4.74 Å². The number of halogens is 1. The molecule has 1 heterocycles. The predicted molar refractivity (Wildman–Crippen MR) is 55.4 cm³/mol. The average Bonchev–Trinajstić information content (AvgIpc) is 3.03. The molecule has 2 nitrogen and oxygen atoms in total. The lowest BCUT2D eigenvalue weighted by Crippen LogP contribution is -2.28. The molecule has 0 bridgehead atoms. The van der Waals surface area contributed by atoms with E-state index in [-0.39, 0.29) is 11.9 Å². The van der Waals surface area contributed by atoms with E-state index < -0.39 is 0 Å². The van der Waals surface area contributed by atoms with E-state index in [1.807, 2.05) is 0 Å². The molecular formula is C12H14FNO. The summed E-state index contributed by atoms with van der Waals surface area (Å²) in [5.74, 6) is 0.655. The minimum Gasteiger partial charge on any atom is -0.493 e. The van der Waals surface area contributed by atoms with Crippen molar-refractivity contribution in [3.8, 4) is 5.75 Å². The Hall–Kier alpha value is -1.09. The lowest BCUT2D eigenvalue weighted by Gasteiger charge is -2.26. The van der Waals surface area contributed by atoms with Gasteiger partial charge in [-0.05, 0) is 31.0 Å². The Kier molecular flexibility index (Phi) is 2.13. The molecule has 1 aliphatic heterocycles. The molecule has 0 radical (unpaired) electrons. The van der Waals surface area contributed by atoms with Gasteiger partial charge in [0, 0.05) is 24.1 Å². The summed E-state index contributed by atoms with van der Waals surface area (Å²) in [4.78, 5) is 0. The van der Waals surface area contributed by atoms with Gasteiger partial charge >= 0.3 is 0 Å². The number of ether oxygens (including phenoxy) is 1. The summed E-state index contributed by atoms with van der Waals surface area (Å²) in [7, 11) is 0. The number of rotatable bonds is 2. The van der Waals surface area contributed by atoms with Crippen LogP contribution in [0.25, 0.3) is 0 Å². The second-order valence-corrected chi connectivity index (χ2v) is 4.31. The Bertz CT molecular complexity index is 376. The molecule has 1 aliphatic carbocycles. The zero-order chi connectivity index (χ0) is 10.3. The van der Waals surface area contributed by atoms with Crippen molar-refractivity contribution in [2.45, 2.75) is 31.3 Å². The van der Waals surface area contributed by atoms with Crippen LogP contribution < -0.4 is 10.1 Å². The van der Waals surface area contributed by atoms with E-state index in [0.717, 1.165) is 24.3 Å². The molecule has 0 saturated heterocycles. The molecule has 1 fully saturated rings. The maximum Gasteiger partial charge on any atom is 0.124 e. The largest absolute Gasteiger partial charge is 0.493 e. The first-order chi connectivity index (χ1) is 7.33. The van der Waals surface area contributed by atoms with Crippen molar-refractivity contribution in [2.75, 3.05) is 6.61 Å². The fourth-order valence-electron chi connectivity index (χ4n) is 2.07. The molecule has 1 aromatic carbocycles. The minimum absolute atomic E-state index is 0.179. The first kappa shape index (κ1) is 9.16. The van der Waals surface area contributed by atoms with Crippen LogP contribution in [0.3, 0.4) is 0 Å². The Labute approximate surface area is 88.4 Å². The number of hydrogen-bond acceptors (Lipinski definition) is 2. The van der Waals surface area contributed by atoms with Crippen LogP contribution in [0, 0.1) is 5.82 Å². The van der Waals surface area contributed by atoms with Gasteiger partial charge in [0.2, 0.25) is 0 Å². The first-order valence-electron chi connectivity index (χ1n) is 5.51. The highest BCUT2D eigenvalue weighted by molar-refractivity contribution is 5.38. The zero-order valence-corrected chi connectivity index (χ0v) is 8.50. The van der Waals surface area contributed by atoms with Gasteiger partial charge in [-0.1, -0.05) is 0 Å². The van der Waals surface area contributed by atoms with Crippen LogP contribution in [0.15, 0.2) is 18.2 Å². The maximum absolute atomic E-state index is 13.1. The van der Waals surface area contributed by atoms with Gasteiger partial charge in [0.15, 0.2) is 0 Å². The van der Waals surface area contributed by atoms with Gasteiger partial charge in [0.25, 0.3) is 0 Å². The summed E-state index contributed by atoms with van der Waals surface area (Å²) in [5, 5.41) is 3.53. The van der Waals surface area contributed by atoms with Gasteiger partial charge in [0.1, 0.15) is 11.6 Å². The highest BCUT2D eigenvalue weighted by Gasteiger charge is 2.28. The minimum atomic E-state index is -0.179. The summed E-state index contributed by atoms with van der Waals surface area (Å²) in [6.45, 7) is 0.725. The molecule has 1 atom stereocenters. The van der Waals surface area contributed by atoms with Crippen LogP contribution in [0.2, 0.25) is 0 Å². The molecule has 1 aromatic rings. The second-order valence-electron chi connectivity index (χ2n) is 4.31. The third kappa shape index (κ3) is 1.84. The third-order valence-electron chi connectivity index (χ3n) is 3.03. The molecule has 0 amide bonds. The zero-order valence-electron chi connectivity index (χ0n) is 8.50. The van der Waals surface area contributed by atoms with Gasteiger partial charge < -0.3 is 10.1 Å². The first-order valence-corrected chi connectivity index (χ1v) is 5.51. The van der Waals surface area contributed by atoms with Crippen molar-refractivity contribution in [1.29, 1.82) is 0 Å². The molecule has 3 heteroatoms. The van der Waals surface area contributed by atoms with E-state index in [1.165, 1.54) is 18.9 Å². The average molecular weight is 207 g/mol. The van der Waals surface area contributed by atoms with E-state index >= 15 is 0 Å². The van der Waals surface area contributed by atoms with Crippen LogP contribution >= 0.6 is 0 Å². The summed E-state index contributed by atoms with van der Waals surface area (Å²) in [6.07, 6.45) is 3.44. The lowest BCUT2D eigenvalue weighted by molar-refractivity contribution is 0.251. The summed E-state index contributed by atoms with van der Waals surface area (Å²) in [6, 6.07) is 5.69. The number of hydrogen-bond donors (Lipinski definition) is 1. The molecule has 1 saturated carbocycles. The topological polar surface area (TPSA) is 21.3 Å². The second kappa shape index (κ2) is 3.49. The standard InChI is InChI=1S/C12H14FNO/c13-8-1-4-12-10(7-8)11(5-6-15-12)14-9-2-3-9/h1,4,7,9,11,14H,2-3,5-6H2. The summed E-state index contributed by atoms with van der Waals surface area (Å²) >= 11 is 0. The monoisotopic (exact) mass is 207 g/mol.